The Balaban J connectivity index is 1.99. The van der Waals surface area contributed by atoms with Crippen molar-refractivity contribution in [3.05, 3.63) is 27.1 Å². The first-order valence-electron chi connectivity index (χ1n) is 4.69. The SMILES string of the molecule is O=S(=O)(NCCc1ncon1)c1cc(Cl)c(Br)s1. The quantitative estimate of drug-likeness (QED) is 0.868. The summed E-state index contributed by atoms with van der Waals surface area (Å²) < 4.78 is 31.5. The van der Waals surface area contributed by atoms with Crippen molar-refractivity contribution in [3.8, 4) is 0 Å². The number of hydrogen-bond donors (Lipinski definition) is 1. The van der Waals surface area contributed by atoms with E-state index in [1.807, 2.05) is 0 Å². The zero-order valence-corrected chi connectivity index (χ0v) is 12.7. The van der Waals surface area contributed by atoms with Crippen LogP contribution >= 0.6 is 38.9 Å². The van der Waals surface area contributed by atoms with Crippen molar-refractivity contribution in [2.45, 2.75) is 10.6 Å². The fraction of sp³-hybridized carbons (Fsp3) is 0.250. The van der Waals surface area contributed by atoms with Gasteiger partial charge in [-0.1, -0.05) is 16.8 Å². The summed E-state index contributed by atoms with van der Waals surface area (Å²) in [7, 11) is -3.55. The highest BCUT2D eigenvalue weighted by Gasteiger charge is 2.18. The largest absolute Gasteiger partial charge is 0.343 e. The van der Waals surface area contributed by atoms with Crippen LogP contribution in [0.15, 0.2) is 25.0 Å². The Hall–Kier alpha value is -0.480. The number of halogens is 2. The van der Waals surface area contributed by atoms with E-state index in [1.165, 1.54) is 12.5 Å². The maximum atomic E-state index is 11.9. The van der Waals surface area contributed by atoms with Crippen molar-refractivity contribution in [3.63, 3.8) is 0 Å². The van der Waals surface area contributed by atoms with E-state index in [-0.39, 0.29) is 10.8 Å². The number of thiophene rings is 1. The van der Waals surface area contributed by atoms with E-state index in [0.29, 0.717) is 21.1 Å². The summed E-state index contributed by atoms with van der Waals surface area (Å²) in [4.78, 5) is 3.79. The van der Waals surface area contributed by atoms with Crippen LogP contribution in [0.2, 0.25) is 5.02 Å². The summed E-state index contributed by atoms with van der Waals surface area (Å²) in [5.74, 6) is 0.447. The third-order valence-corrected chi connectivity index (χ3v) is 6.34. The molecule has 6 nitrogen and oxygen atoms in total. The molecule has 0 saturated carbocycles. The summed E-state index contributed by atoms with van der Waals surface area (Å²) in [6, 6.07) is 1.40. The molecule has 98 valence electrons. The molecule has 0 aliphatic rings. The Morgan fingerprint density at radius 1 is 1.56 bits per heavy atom. The van der Waals surface area contributed by atoms with Crippen molar-refractivity contribution >= 4 is 48.9 Å². The normalized spacial score (nSPS) is 11.9. The van der Waals surface area contributed by atoms with E-state index >= 15 is 0 Å². The van der Waals surface area contributed by atoms with Gasteiger partial charge in [0.2, 0.25) is 16.4 Å². The number of nitrogens with zero attached hydrogens (tertiary/aromatic N) is 2. The summed E-state index contributed by atoms with van der Waals surface area (Å²) in [6.45, 7) is 0.189. The van der Waals surface area contributed by atoms with E-state index in [4.69, 9.17) is 11.6 Å². The van der Waals surface area contributed by atoms with Crippen LogP contribution in [-0.4, -0.2) is 25.1 Å². The molecule has 0 amide bonds. The Kier molecular flexibility index (Phi) is 4.38. The fourth-order valence-electron chi connectivity index (χ4n) is 1.13. The van der Waals surface area contributed by atoms with Gasteiger partial charge in [0.1, 0.15) is 4.21 Å². The molecule has 2 rings (SSSR count). The lowest BCUT2D eigenvalue weighted by Crippen LogP contribution is -2.25. The minimum Gasteiger partial charge on any atom is -0.343 e. The van der Waals surface area contributed by atoms with E-state index < -0.39 is 10.0 Å². The van der Waals surface area contributed by atoms with Crippen molar-refractivity contribution in [1.82, 2.24) is 14.9 Å². The zero-order valence-electron chi connectivity index (χ0n) is 8.76. The van der Waals surface area contributed by atoms with Gasteiger partial charge in [0.15, 0.2) is 5.82 Å². The van der Waals surface area contributed by atoms with Crippen LogP contribution in [0.25, 0.3) is 0 Å². The van der Waals surface area contributed by atoms with Crippen LogP contribution in [0.3, 0.4) is 0 Å². The number of nitrogens with one attached hydrogen (secondary N) is 1. The van der Waals surface area contributed by atoms with Crippen molar-refractivity contribution < 1.29 is 12.9 Å². The highest BCUT2D eigenvalue weighted by molar-refractivity contribution is 9.11. The molecule has 1 N–H and O–H groups in total. The van der Waals surface area contributed by atoms with Crippen molar-refractivity contribution in [1.29, 1.82) is 0 Å². The predicted molar refractivity (Wildman–Crippen MR) is 70.2 cm³/mol. The van der Waals surface area contributed by atoms with Gasteiger partial charge in [-0.2, -0.15) is 4.98 Å². The standard InChI is InChI=1S/C8H7BrClN3O3S2/c9-8-5(10)3-7(17-8)18(14,15)12-2-1-6-11-4-16-13-6/h3-4,12H,1-2H2. The molecule has 0 unspecified atom stereocenters. The minimum absolute atomic E-state index is 0.160. The van der Waals surface area contributed by atoms with Crippen LogP contribution in [0, 0.1) is 0 Å². The monoisotopic (exact) mass is 371 g/mol. The number of aromatic nitrogens is 2. The maximum absolute atomic E-state index is 11.9. The highest BCUT2D eigenvalue weighted by atomic mass is 79.9. The highest BCUT2D eigenvalue weighted by Crippen LogP contribution is 2.34. The molecule has 2 heterocycles. The van der Waals surface area contributed by atoms with Crippen LogP contribution in [-0.2, 0) is 16.4 Å². The topological polar surface area (TPSA) is 85.1 Å². The maximum Gasteiger partial charge on any atom is 0.250 e. The lowest BCUT2D eigenvalue weighted by Gasteiger charge is -2.02. The van der Waals surface area contributed by atoms with Crippen LogP contribution < -0.4 is 4.72 Å². The van der Waals surface area contributed by atoms with Gasteiger partial charge in [0, 0.05) is 13.0 Å². The third kappa shape index (κ3) is 3.29. The molecule has 2 aromatic rings. The molecule has 0 bridgehead atoms. The molecule has 18 heavy (non-hydrogen) atoms. The van der Waals surface area contributed by atoms with Gasteiger partial charge < -0.3 is 4.52 Å². The van der Waals surface area contributed by atoms with Crippen LogP contribution in [0.1, 0.15) is 5.82 Å². The van der Waals surface area contributed by atoms with E-state index in [1.54, 1.807) is 0 Å². The van der Waals surface area contributed by atoms with Gasteiger partial charge in [0.25, 0.3) is 0 Å². The molecule has 0 radical (unpaired) electrons. The summed E-state index contributed by atoms with van der Waals surface area (Å²) in [5.41, 5.74) is 0. The first-order chi connectivity index (χ1) is 8.49. The average Bonchev–Trinajstić information content (AvgIpc) is 2.90. The number of rotatable bonds is 5. The van der Waals surface area contributed by atoms with Crippen molar-refractivity contribution in [2.75, 3.05) is 6.54 Å². The fourth-order valence-corrected chi connectivity index (χ4v) is 4.60. The number of sulfonamides is 1. The first-order valence-corrected chi connectivity index (χ1v) is 8.16. The Morgan fingerprint density at radius 2 is 2.33 bits per heavy atom. The molecule has 0 aliphatic carbocycles. The Morgan fingerprint density at radius 3 is 2.89 bits per heavy atom. The minimum atomic E-state index is -3.55. The molecule has 0 spiro atoms. The first kappa shape index (κ1) is 13.9. The molecule has 0 atom stereocenters. The predicted octanol–water partition coefficient (Wildman–Crippen LogP) is 2.07. The molecule has 2 aromatic heterocycles. The molecular weight excluding hydrogens is 366 g/mol. The second-order valence-corrected chi connectivity index (χ2v) is 7.95. The average molecular weight is 373 g/mol. The van der Waals surface area contributed by atoms with Gasteiger partial charge in [-0.15, -0.1) is 11.3 Å². The van der Waals surface area contributed by atoms with Gasteiger partial charge in [-0.3, -0.25) is 0 Å². The Bertz CT molecular complexity index is 607. The van der Waals surface area contributed by atoms with Gasteiger partial charge in [-0.25, -0.2) is 13.1 Å². The summed E-state index contributed by atoms with van der Waals surface area (Å²) in [6.07, 6.45) is 1.55. The Labute approximate surface area is 121 Å². The van der Waals surface area contributed by atoms with E-state index in [0.717, 1.165) is 11.3 Å². The molecule has 0 aliphatic heterocycles. The third-order valence-electron chi connectivity index (χ3n) is 1.94. The number of hydrogen-bond acceptors (Lipinski definition) is 6. The summed E-state index contributed by atoms with van der Waals surface area (Å²) in [5, 5.41) is 3.95. The molecule has 0 aromatic carbocycles. The zero-order chi connectivity index (χ0) is 13.2. The van der Waals surface area contributed by atoms with E-state index in [9.17, 15) is 8.42 Å². The lowest BCUT2D eigenvalue weighted by atomic mass is 10.4. The lowest BCUT2D eigenvalue weighted by molar-refractivity contribution is 0.410. The molecule has 0 saturated heterocycles. The van der Waals surface area contributed by atoms with Crippen molar-refractivity contribution in [2.24, 2.45) is 0 Å². The molecule has 10 heteroatoms. The molecular formula is C8H7BrClN3O3S2. The van der Waals surface area contributed by atoms with Gasteiger partial charge in [-0.05, 0) is 22.0 Å². The van der Waals surface area contributed by atoms with Crippen LogP contribution in [0.4, 0.5) is 0 Å². The van der Waals surface area contributed by atoms with Crippen LogP contribution in [0.5, 0.6) is 0 Å². The molecule has 0 fully saturated rings. The van der Waals surface area contributed by atoms with Gasteiger partial charge in [0.05, 0.1) is 8.81 Å². The van der Waals surface area contributed by atoms with E-state index in [2.05, 4.69) is 35.3 Å². The smallest absolute Gasteiger partial charge is 0.250 e. The van der Waals surface area contributed by atoms with Gasteiger partial charge >= 0.3 is 0 Å². The second-order valence-electron chi connectivity index (χ2n) is 3.18. The second kappa shape index (κ2) is 5.66. The summed E-state index contributed by atoms with van der Waals surface area (Å²) >= 11 is 10.0.